The van der Waals surface area contributed by atoms with Gasteiger partial charge in [-0.3, -0.25) is 9.69 Å². The topological polar surface area (TPSA) is 55.6 Å². The molecule has 1 heterocycles. The smallest absolute Gasteiger partial charge is 0.320 e. The van der Waals surface area contributed by atoms with Crippen molar-refractivity contribution in [1.82, 2.24) is 4.90 Å². The van der Waals surface area contributed by atoms with Crippen molar-refractivity contribution >= 4 is 5.97 Å². The fraction of sp³-hybridized carbons (Fsp3) is 0.909. The Bertz CT molecular complexity index is 195. The lowest BCUT2D eigenvalue weighted by Crippen LogP contribution is -2.43. The van der Waals surface area contributed by atoms with Crippen molar-refractivity contribution in [3.63, 3.8) is 0 Å². The predicted molar refractivity (Wildman–Crippen MR) is 59.5 cm³/mol. The molecule has 4 heteroatoms. The summed E-state index contributed by atoms with van der Waals surface area (Å²) in [7, 11) is 0. The Kier molecular flexibility index (Phi) is 5.65. The van der Waals surface area contributed by atoms with Crippen LogP contribution in [0.3, 0.4) is 0 Å². The average molecular weight is 214 g/mol. The van der Waals surface area contributed by atoms with Crippen LogP contribution in [0.25, 0.3) is 0 Å². The van der Waals surface area contributed by atoms with E-state index in [1.165, 1.54) is 12.8 Å². The van der Waals surface area contributed by atoms with Crippen molar-refractivity contribution in [3.05, 3.63) is 0 Å². The summed E-state index contributed by atoms with van der Waals surface area (Å²) in [6, 6.07) is 0.480. The number of carbonyl (C=O) groups excluding carboxylic acids is 1. The Morgan fingerprint density at radius 2 is 2.33 bits per heavy atom. The third-order valence-corrected chi connectivity index (χ3v) is 2.89. The van der Waals surface area contributed by atoms with E-state index in [0.29, 0.717) is 25.7 Å². The summed E-state index contributed by atoms with van der Waals surface area (Å²) in [4.78, 5) is 13.6. The number of nitrogens with two attached hydrogens (primary N) is 1. The fourth-order valence-electron chi connectivity index (χ4n) is 2.16. The molecule has 1 fully saturated rings. The van der Waals surface area contributed by atoms with Gasteiger partial charge in [-0.2, -0.15) is 0 Å². The van der Waals surface area contributed by atoms with Gasteiger partial charge in [-0.1, -0.05) is 6.42 Å². The molecular weight excluding hydrogens is 192 g/mol. The number of rotatable bonds is 5. The van der Waals surface area contributed by atoms with Crippen molar-refractivity contribution in [2.24, 2.45) is 5.73 Å². The van der Waals surface area contributed by atoms with Crippen LogP contribution >= 0.6 is 0 Å². The minimum atomic E-state index is -0.110. The van der Waals surface area contributed by atoms with E-state index in [4.69, 9.17) is 10.5 Å². The van der Waals surface area contributed by atoms with E-state index in [1.807, 2.05) is 6.92 Å². The number of hydrogen-bond acceptors (Lipinski definition) is 4. The highest BCUT2D eigenvalue weighted by Gasteiger charge is 2.23. The van der Waals surface area contributed by atoms with E-state index in [1.54, 1.807) is 0 Å². The number of likely N-dealkylation sites (tertiary alicyclic amines) is 1. The van der Waals surface area contributed by atoms with E-state index >= 15 is 0 Å². The fourth-order valence-corrected chi connectivity index (χ4v) is 2.16. The number of piperidine rings is 1. The second-order valence-corrected chi connectivity index (χ2v) is 4.00. The third-order valence-electron chi connectivity index (χ3n) is 2.89. The molecule has 0 aromatic heterocycles. The van der Waals surface area contributed by atoms with Crippen LogP contribution in [0.4, 0.5) is 0 Å². The zero-order valence-electron chi connectivity index (χ0n) is 9.58. The van der Waals surface area contributed by atoms with Crippen LogP contribution in [0.15, 0.2) is 0 Å². The van der Waals surface area contributed by atoms with Gasteiger partial charge >= 0.3 is 5.97 Å². The number of ether oxygens (including phenoxy) is 1. The molecule has 1 rings (SSSR count). The van der Waals surface area contributed by atoms with Gasteiger partial charge in [0.05, 0.1) is 13.2 Å². The molecule has 1 unspecified atom stereocenters. The molecule has 88 valence electrons. The SMILES string of the molecule is CCOC(=O)CN1CCCCC1CCN. The number of esters is 1. The molecule has 4 nitrogen and oxygen atoms in total. The van der Waals surface area contributed by atoms with Gasteiger partial charge in [-0.15, -0.1) is 0 Å². The van der Waals surface area contributed by atoms with Crippen molar-refractivity contribution in [2.45, 2.75) is 38.6 Å². The van der Waals surface area contributed by atoms with Gasteiger partial charge in [0.15, 0.2) is 0 Å². The number of carbonyl (C=O) groups is 1. The molecule has 2 N–H and O–H groups in total. The highest BCUT2D eigenvalue weighted by Crippen LogP contribution is 2.18. The summed E-state index contributed by atoms with van der Waals surface area (Å²) in [5, 5.41) is 0. The standard InChI is InChI=1S/C11H22N2O2/c1-2-15-11(14)9-13-8-4-3-5-10(13)6-7-12/h10H,2-9,12H2,1H3. The van der Waals surface area contributed by atoms with Crippen molar-refractivity contribution in [2.75, 3.05) is 26.2 Å². The molecule has 0 bridgehead atoms. The highest BCUT2D eigenvalue weighted by atomic mass is 16.5. The molecule has 15 heavy (non-hydrogen) atoms. The van der Waals surface area contributed by atoms with E-state index < -0.39 is 0 Å². The van der Waals surface area contributed by atoms with Gasteiger partial charge in [-0.05, 0) is 39.3 Å². The van der Waals surface area contributed by atoms with Gasteiger partial charge in [0.25, 0.3) is 0 Å². The van der Waals surface area contributed by atoms with Crippen LogP contribution < -0.4 is 5.73 Å². The van der Waals surface area contributed by atoms with Crippen molar-refractivity contribution in [1.29, 1.82) is 0 Å². The Balaban J connectivity index is 2.38. The Morgan fingerprint density at radius 3 is 3.00 bits per heavy atom. The zero-order chi connectivity index (χ0) is 11.1. The lowest BCUT2D eigenvalue weighted by atomic mass is 9.99. The third kappa shape index (κ3) is 4.18. The van der Waals surface area contributed by atoms with Gasteiger partial charge in [-0.25, -0.2) is 0 Å². The maximum atomic E-state index is 11.4. The van der Waals surface area contributed by atoms with Gasteiger partial charge in [0.1, 0.15) is 0 Å². The molecule has 0 radical (unpaired) electrons. The minimum absolute atomic E-state index is 0.110. The first-order valence-electron chi connectivity index (χ1n) is 5.87. The molecule has 0 spiro atoms. The molecular formula is C11H22N2O2. The largest absolute Gasteiger partial charge is 0.465 e. The Hall–Kier alpha value is -0.610. The van der Waals surface area contributed by atoms with E-state index in [2.05, 4.69) is 4.90 Å². The average Bonchev–Trinajstić information content (AvgIpc) is 2.21. The molecule has 1 saturated heterocycles. The normalized spacial score (nSPS) is 22.7. The monoisotopic (exact) mass is 214 g/mol. The quantitative estimate of drug-likeness (QED) is 0.686. The summed E-state index contributed by atoms with van der Waals surface area (Å²) in [5.74, 6) is -0.110. The lowest BCUT2D eigenvalue weighted by Gasteiger charge is -2.34. The first kappa shape index (κ1) is 12.5. The summed E-state index contributed by atoms with van der Waals surface area (Å²) < 4.78 is 4.96. The molecule has 1 aliphatic rings. The van der Waals surface area contributed by atoms with Crippen LogP contribution in [0.2, 0.25) is 0 Å². The van der Waals surface area contributed by atoms with Crippen molar-refractivity contribution in [3.8, 4) is 0 Å². The maximum Gasteiger partial charge on any atom is 0.320 e. The van der Waals surface area contributed by atoms with Crippen LogP contribution in [-0.2, 0) is 9.53 Å². The number of hydrogen-bond donors (Lipinski definition) is 1. The molecule has 0 aromatic carbocycles. The van der Waals surface area contributed by atoms with E-state index in [9.17, 15) is 4.79 Å². The second kappa shape index (κ2) is 6.80. The van der Waals surface area contributed by atoms with Crippen molar-refractivity contribution < 1.29 is 9.53 Å². The molecule has 0 saturated carbocycles. The summed E-state index contributed by atoms with van der Waals surface area (Å²) in [6.07, 6.45) is 4.58. The first-order valence-corrected chi connectivity index (χ1v) is 5.87. The molecule has 0 aliphatic carbocycles. The minimum Gasteiger partial charge on any atom is -0.465 e. The molecule has 0 amide bonds. The van der Waals surface area contributed by atoms with Gasteiger partial charge in [0, 0.05) is 6.04 Å². The van der Waals surface area contributed by atoms with Gasteiger partial charge in [0.2, 0.25) is 0 Å². The Morgan fingerprint density at radius 1 is 1.53 bits per heavy atom. The summed E-state index contributed by atoms with van der Waals surface area (Å²) in [6.45, 7) is 4.44. The first-order chi connectivity index (χ1) is 7.27. The van der Waals surface area contributed by atoms with Crippen LogP contribution in [-0.4, -0.2) is 43.2 Å². The number of nitrogens with zero attached hydrogens (tertiary/aromatic N) is 1. The van der Waals surface area contributed by atoms with E-state index in [-0.39, 0.29) is 5.97 Å². The van der Waals surface area contributed by atoms with E-state index in [0.717, 1.165) is 19.4 Å². The highest BCUT2D eigenvalue weighted by molar-refractivity contribution is 5.71. The van der Waals surface area contributed by atoms with Crippen LogP contribution in [0.5, 0.6) is 0 Å². The van der Waals surface area contributed by atoms with Crippen LogP contribution in [0.1, 0.15) is 32.6 Å². The second-order valence-electron chi connectivity index (χ2n) is 4.00. The molecule has 1 aliphatic heterocycles. The Labute approximate surface area is 91.8 Å². The van der Waals surface area contributed by atoms with Gasteiger partial charge < -0.3 is 10.5 Å². The zero-order valence-corrected chi connectivity index (χ0v) is 9.58. The maximum absolute atomic E-state index is 11.4. The predicted octanol–water partition coefficient (Wildman–Crippen LogP) is 0.753. The summed E-state index contributed by atoms with van der Waals surface area (Å²) in [5.41, 5.74) is 5.57. The van der Waals surface area contributed by atoms with Crippen LogP contribution in [0, 0.1) is 0 Å². The molecule has 1 atom stereocenters. The summed E-state index contributed by atoms with van der Waals surface area (Å²) >= 11 is 0. The molecule has 0 aromatic rings. The lowest BCUT2D eigenvalue weighted by molar-refractivity contribution is -0.145.